The van der Waals surface area contributed by atoms with Gasteiger partial charge in [-0.05, 0) is 67.7 Å². The Balaban J connectivity index is 2.38. The Morgan fingerprint density at radius 2 is 0.938 bits per heavy atom. The van der Waals surface area contributed by atoms with Gasteiger partial charge in [0, 0.05) is 32.6 Å². The number of nitrogens with two attached hydrogens (primary N) is 1. The highest BCUT2D eigenvalue weighted by Crippen LogP contribution is 2.13. The van der Waals surface area contributed by atoms with Crippen LogP contribution in [0.2, 0.25) is 0 Å². The van der Waals surface area contributed by atoms with Crippen LogP contribution in [0.5, 0.6) is 0 Å². The zero-order valence-corrected chi connectivity index (χ0v) is 45.2. The zero-order chi connectivity index (χ0) is 60.4. The summed E-state index contributed by atoms with van der Waals surface area (Å²) in [5, 5.41) is 59.9. The number of carbonyl (C=O) groups is 13. The summed E-state index contributed by atoms with van der Waals surface area (Å²) in [6, 6.07) is 0.513. The molecule has 0 aliphatic heterocycles. The van der Waals surface area contributed by atoms with Crippen LogP contribution in [-0.2, 0) is 75.2 Å². The van der Waals surface area contributed by atoms with E-state index in [0.717, 1.165) is 26.0 Å². The molecule has 2 rings (SSSR count). The van der Waals surface area contributed by atoms with Gasteiger partial charge in [0.05, 0.1) is 19.1 Å². The van der Waals surface area contributed by atoms with Gasteiger partial charge < -0.3 is 74.0 Å². The number of rotatable bonds is 35. The van der Waals surface area contributed by atoms with Crippen molar-refractivity contribution in [2.45, 2.75) is 154 Å². The third-order valence-electron chi connectivity index (χ3n) is 11.7. The van der Waals surface area contributed by atoms with E-state index >= 15 is 0 Å². The van der Waals surface area contributed by atoms with Gasteiger partial charge in [0.15, 0.2) is 0 Å². The molecule has 80 heavy (non-hydrogen) atoms. The molecule has 10 amide bonds. The van der Waals surface area contributed by atoms with Crippen molar-refractivity contribution in [1.82, 2.24) is 47.9 Å². The molecule has 0 fully saturated rings. The van der Waals surface area contributed by atoms with Crippen LogP contribution < -0.4 is 53.6 Å². The molecule has 0 aromatic heterocycles. The van der Waals surface area contributed by atoms with Gasteiger partial charge in [0.1, 0.15) is 54.2 Å². The number of hydrogen-bond acceptors (Lipinski definition) is 14. The molecule has 0 spiro atoms. The van der Waals surface area contributed by atoms with Crippen molar-refractivity contribution in [3.05, 3.63) is 71.5 Å². The third kappa shape index (κ3) is 25.7. The standard InChI is InChI=1S/C52H73FN10O17/c1-26(2)19-35(45(54)73)60-50(78)38(22-30-11-8-7-9-12-30)61-49(77)37(23-31-13-10-14-32(53)21-31)57-40(66)25-55-52(80)44(28(5)64)63-47(75)34(16-18-42(69)70)58-46(74)33(15-17-41(67)68)59-51(79)39(24-43(71)72)62-48(76)36(20-27(3)4)56-29(6)65/h7-14,21,26-28,33-39,44,64H,15-20,22-25H2,1-6H3,(H2,54,73)(H,55,80)(H,56,65)(H,57,66)(H,58,74)(H,59,79)(H,60,78)(H,61,77)(H,62,76)(H,63,75)(H,67,68)(H,69,70)(H,71,72)/t28-,33+,34+,35+,36+,37+,38+,39+,44+/m1/s1. The van der Waals surface area contributed by atoms with Crippen molar-refractivity contribution in [2.75, 3.05) is 6.54 Å². The molecule has 0 aliphatic carbocycles. The fourth-order valence-corrected chi connectivity index (χ4v) is 7.83. The van der Waals surface area contributed by atoms with Crippen molar-refractivity contribution >= 4 is 77.0 Å². The Hall–Kier alpha value is -8.56. The largest absolute Gasteiger partial charge is 0.481 e. The average molecular weight is 1130 g/mol. The first-order chi connectivity index (χ1) is 37.4. The minimum atomic E-state index is -1.96. The molecule has 9 atom stereocenters. The van der Waals surface area contributed by atoms with Crippen molar-refractivity contribution in [2.24, 2.45) is 17.6 Å². The van der Waals surface area contributed by atoms with Gasteiger partial charge >= 0.3 is 17.9 Å². The van der Waals surface area contributed by atoms with Crippen molar-refractivity contribution in [3.63, 3.8) is 0 Å². The number of benzene rings is 2. The van der Waals surface area contributed by atoms with E-state index in [9.17, 15) is 87.1 Å². The Morgan fingerprint density at radius 1 is 0.500 bits per heavy atom. The van der Waals surface area contributed by atoms with E-state index in [0.29, 0.717) is 5.56 Å². The van der Waals surface area contributed by atoms with Crippen LogP contribution in [0.3, 0.4) is 0 Å². The summed E-state index contributed by atoms with van der Waals surface area (Å²) < 4.78 is 14.4. The van der Waals surface area contributed by atoms with E-state index in [1.165, 1.54) is 12.1 Å². The SMILES string of the molecule is CC(=O)N[C@@H](CC(C)C)C(=O)N[C@@H](CC(=O)O)C(=O)N[C@@H](CCC(=O)O)C(=O)N[C@@H](CCC(=O)O)C(=O)N[C@H](C(=O)NCC(=O)N[C@@H](Cc1cccc(F)c1)C(=O)N[C@@H](Cc1ccccc1)C(=O)N[C@@H](CC(C)C)C(N)=O)[C@@H](C)O. The summed E-state index contributed by atoms with van der Waals surface area (Å²) in [6.07, 6.45) is -6.12. The smallest absolute Gasteiger partial charge is 0.305 e. The summed E-state index contributed by atoms with van der Waals surface area (Å²) in [5.74, 6) is -15.9. The Morgan fingerprint density at radius 3 is 1.43 bits per heavy atom. The van der Waals surface area contributed by atoms with Crippen LogP contribution >= 0.6 is 0 Å². The summed E-state index contributed by atoms with van der Waals surface area (Å²) >= 11 is 0. The topological polar surface area (TPSA) is 437 Å². The molecule has 28 heteroatoms. The van der Waals surface area contributed by atoms with E-state index in [4.69, 9.17) is 5.73 Å². The summed E-state index contributed by atoms with van der Waals surface area (Å²) in [5.41, 5.74) is 6.36. The second-order valence-corrected chi connectivity index (χ2v) is 19.8. The maximum atomic E-state index is 14.4. The van der Waals surface area contributed by atoms with Crippen LogP contribution in [0, 0.1) is 17.7 Å². The number of aliphatic carboxylic acids is 3. The van der Waals surface area contributed by atoms with Crippen molar-refractivity contribution in [3.8, 4) is 0 Å². The van der Waals surface area contributed by atoms with Crippen LogP contribution in [-0.4, -0.2) is 158 Å². The third-order valence-corrected chi connectivity index (χ3v) is 11.7. The molecule has 2 aromatic rings. The molecular weight excluding hydrogens is 1060 g/mol. The summed E-state index contributed by atoms with van der Waals surface area (Å²) in [7, 11) is 0. The molecule has 15 N–H and O–H groups in total. The number of carbonyl (C=O) groups excluding carboxylic acids is 10. The second-order valence-electron chi connectivity index (χ2n) is 19.8. The lowest BCUT2D eigenvalue weighted by molar-refractivity contribution is -0.142. The quantitative estimate of drug-likeness (QED) is 0.0348. The highest BCUT2D eigenvalue weighted by Gasteiger charge is 2.36. The molecular formula is C52H73FN10O17. The lowest BCUT2D eigenvalue weighted by atomic mass is 10.0. The average Bonchev–Trinajstić information content (AvgIpc) is 3.35. The van der Waals surface area contributed by atoms with Crippen LogP contribution in [0.1, 0.15) is 97.6 Å². The number of primary amides is 1. The van der Waals surface area contributed by atoms with E-state index in [1.807, 2.05) is 0 Å². The summed E-state index contributed by atoms with van der Waals surface area (Å²) in [4.78, 5) is 168. The fourth-order valence-electron chi connectivity index (χ4n) is 7.83. The molecule has 0 unspecified atom stereocenters. The summed E-state index contributed by atoms with van der Waals surface area (Å²) in [6.45, 7) is 8.24. The number of hydrogen-bond donors (Lipinski definition) is 14. The lowest BCUT2D eigenvalue weighted by Crippen LogP contribution is -2.61. The van der Waals surface area contributed by atoms with Crippen molar-refractivity contribution < 1.29 is 87.1 Å². The number of carboxylic acids is 3. The fraction of sp³-hybridized carbons (Fsp3) is 0.519. The molecule has 0 radical (unpaired) electrons. The Labute approximate surface area is 460 Å². The molecule has 0 saturated heterocycles. The number of nitrogens with one attached hydrogen (secondary N) is 9. The molecule has 0 aliphatic rings. The Kier molecular flexibility index (Phi) is 28.4. The first-order valence-corrected chi connectivity index (χ1v) is 25.5. The van der Waals surface area contributed by atoms with E-state index in [-0.39, 0.29) is 43.1 Å². The minimum absolute atomic E-state index is 0.0610. The molecule has 0 heterocycles. The molecule has 440 valence electrons. The lowest BCUT2D eigenvalue weighted by Gasteiger charge is -2.27. The van der Waals surface area contributed by atoms with Gasteiger partial charge in [-0.15, -0.1) is 0 Å². The number of halogens is 1. The van der Waals surface area contributed by atoms with Crippen LogP contribution in [0.4, 0.5) is 4.39 Å². The molecule has 2 aromatic carbocycles. The highest BCUT2D eigenvalue weighted by atomic mass is 19.1. The highest BCUT2D eigenvalue weighted by molar-refractivity contribution is 5.99. The predicted octanol–water partition coefficient (Wildman–Crippen LogP) is -2.21. The van der Waals surface area contributed by atoms with E-state index in [1.54, 1.807) is 58.0 Å². The van der Waals surface area contributed by atoms with Crippen LogP contribution in [0.15, 0.2) is 54.6 Å². The Bertz CT molecular complexity index is 2530. The van der Waals surface area contributed by atoms with Crippen LogP contribution in [0.25, 0.3) is 0 Å². The second kappa shape index (κ2) is 33.7. The van der Waals surface area contributed by atoms with E-state index in [2.05, 4.69) is 47.9 Å². The predicted molar refractivity (Wildman–Crippen MR) is 280 cm³/mol. The first-order valence-electron chi connectivity index (χ1n) is 25.5. The maximum Gasteiger partial charge on any atom is 0.305 e. The monoisotopic (exact) mass is 1130 g/mol. The zero-order valence-electron chi connectivity index (χ0n) is 45.2. The van der Waals surface area contributed by atoms with Gasteiger partial charge in [-0.25, -0.2) is 4.39 Å². The molecule has 27 nitrogen and oxygen atoms in total. The van der Waals surface area contributed by atoms with Gasteiger partial charge in [-0.3, -0.25) is 62.3 Å². The first kappa shape index (κ1) is 67.5. The molecule has 0 bridgehead atoms. The normalized spacial score (nSPS) is 14.4. The van der Waals surface area contributed by atoms with Crippen molar-refractivity contribution in [1.29, 1.82) is 0 Å². The minimum Gasteiger partial charge on any atom is -0.481 e. The van der Waals surface area contributed by atoms with Gasteiger partial charge in [0.25, 0.3) is 0 Å². The van der Waals surface area contributed by atoms with Gasteiger partial charge in [0.2, 0.25) is 59.1 Å². The maximum absolute atomic E-state index is 14.4. The number of aliphatic hydroxyl groups is 1. The van der Waals surface area contributed by atoms with E-state index < -0.39 is 176 Å². The van der Waals surface area contributed by atoms with Gasteiger partial charge in [-0.2, -0.15) is 0 Å². The number of amides is 10. The number of carboxylic acid groups (broad SMARTS) is 3. The molecule has 0 saturated carbocycles. The van der Waals surface area contributed by atoms with Gasteiger partial charge in [-0.1, -0.05) is 70.2 Å². The number of aliphatic hydroxyl groups excluding tert-OH is 1.